The molecule has 2 amide bonds. The van der Waals surface area contributed by atoms with Crippen molar-refractivity contribution in [2.45, 2.75) is 19.8 Å². The van der Waals surface area contributed by atoms with E-state index in [1.165, 1.54) is 9.80 Å². The summed E-state index contributed by atoms with van der Waals surface area (Å²) in [6, 6.07) is 3.38. The van der Waals surface area contributed by atoms with E-state index in [9.17, 15) is 19.5 Å². The zero-order chi connectivity index (χ0) is 18.9. The number of hydrogen-bond donors (Lipinski definition) is 1. The lowest BCUT2D eigenvalue weighted by molar-refractivity contribution is -0.149. The smallest absolute Gasteiger partial charge is 0.314 e. The molecule has 3 heterocycles. The van der Waals surface area contributed by atoms with Gasteiger partial charge in [0, 0.05) is 43.6 Å². The highest BCUT2D eigenvalue weighted by Gasteiger charge is 2.62. The molecule has 2 saturated heterocycles. The molecular weight excluding hydrogens is 334 g/mol. The van der Waals surface area contributed by atoms with Crippen LogP contribution in [0.2, 0.25) is 0 Å². The van der Waals surface area contributed by atoms with Gasteiger partial charge in [-0.2, -0.15) is 0 Å². The van der Waals surface area contributed by atoms with Crippen LogP contribution in [-0.2, 0) is 16.0 Å². The first-order valence-electron chi connectivity index (χ1n) is 8.80. The predicted octanol–water partition coefficient (Wildman–Crippen LogP) is 1.21. The average molecular weight is 357 g/mol. The molecule has 3 rings (SSSR count). The maximum Gasteiger partial charge on any atom is 0.314 e. The van der Waals surface area contributed by atoms with Gasteiger partial charge < -0.3 is 14.9 Å². The lowest BCUT2D eigenvalue weighted by atomic mass is 9.81. The van der Waals surface area contributed by atoms with Crippen molar-refractivity contribution in [3.05, 3.63) is 42.2 Å². The van der Waals surface area contributed by atoms with E-state index in [4.69, 9.17) is 0 Å². The fourth-order valence-electron chi connectivity index (χ4n) is 3.96. The van der Waals surface area contributed by atoms with Gasteiger partial charge in [-0.05, 0) is 18.6 Å². The minimum atomic E-state index is -1.24. The second kappa shape index (κ2) is 6.90. The van der Waals surface area contributed by atoms with Crippen molar-refractivity contribution >= 4 is 17.8 Å². The molecule has 26 heavy (non-hydrogen) atoms. The highest BCUT2D eigenvalue weighted by atomic mass is 16.4. The Kier molecular flexibility index (Phi) is 4.80. The molecule has 0 bridgehead atoms. The predicted molar refractivity (Wildman–Crippen MR) is 94.5 cm³/mol. The summed E-state index contributed by atoms with van der Waals surface area (Å²) < 4.78 is 0. The Hall–Kier alpha value is -2.70. The molecule has 0 aliphatic carbocycles. The third-order valence-electron chi connectivity index (χ3n) is 5.26. The van der Waals surface area contributed by atoms with Crippen LogP contribution < -0.4 is 0 Å². The number of fused-ring (bicyclic) bond motifs is 1. The van der Waals surface area contributed by atoms with E-state index in [0.717, 1.165) is 18.5 Å². The van der Waals surface area contributed by atoms with Crippen molar-refractivity contribution in [3.8, 4) is 0 Å². The van der Waals surface area contributed by atoms with Gasteiger partial charge in [-0.15, -0.1) is 6.58 Å². The first-order valence-corrected chi connectivity index (χ1v) is 8.80. The summed E-state index contributed by atoms with van der Waals surface area (Å²) in [4.78, 5) is 44.7. The molecule has 2 aliphatic rings. The number of nitrogens with zero attached hydrogens (tertiary/aromatic N) is 3. The molecule has 7 nitrogen and oxygen atoms in total. The summed E-state index contributed by atoms with van der Waals surface area (Å²) in [5, 5.41) is 9.81. The number of pyridine rings is 1. The summed E-state index contributed by atoms with van der Waals surface area (Å²) >= 11 is 0. The maximum atomic E-state index is 12.9. The standard InChI is InChI=1S/C19H23N3O4/c1-3-5-14-9-13(6-7-20-14)16(23)22-10-15-17(24)21(8-4-2)11-19(15,12-22)18(25)26/h4,6-7,9,15H,2-3,5,8,10-12H2,1H3,(H,25,26)/t15-,19+/m0/s1. The summed E-state index contributed by atoms with van der Waals surface area (Å²) in [5.74, 6) is -2.20. The SMILES string of the molecule is C=CCN1C[C@@]2(C(=O)O)CN(C(=O)c3ccnc(CCC)c3)C[C@H]2C1=O. The first-order chi connectivity index (χ1) is 12.4. The number of carbonyl (C=O) groups is 3. The van der Waals surface area contributed by atoms with Crippen molar-refractivity contribution in [2.24, 2.45) is 11.3 Å². The van der Waals surface area contributed by atoms with Crippen LogP contribution in [0.25, 0.3) is 0 Å². The number of likely N-dealkylation sites (tertiary alicyclic amines) is 2. The van der Waals surface area contributed by atoms with Crippen LogP contribution in [0.3, 0.4) is 0 Å². The Labute approximate surface area is 152 Å². The Balaban J connectivity index is 1.84. The number of amides is 2. The van der Waals surface area contributed by atoms with E-state index >= 15 is 0 Å². The average Bonchev–Trinajstić information content (AvgIpc) is 3.12. The van der Waals surface area contributed by atoms with Gasteiger partial charge in [-0.25, -0.2) is 0 Å². The molecule has 138 valence electrons. The molecule has 2 atom stereocenters. The van der Waals surface area contributed by atoms with Gasteiger partial charge in [-0.1, -0.05) is 19.4 Å². The Morgan fingerprint density at radius 1 is 1.46 bits per heavy atom. The van der Waals surface area contributed by atoms with Gasteiger partial charge >= 0.3 is 5.97 Å². The van der Waals surface area contributed by atoms with Crippen LogP contribution in [0.4, 0.5) is 0 Å². The number of carbonyl (C=O) groups excluding carboxylic acids is 2. The molecule has 0 spiro atoms. The quantitative estimate of drug-likeness (QED) is 0.773. The fraction of sp³-hybridized carbons (Fsp3) is 0.474. The van der Waals surface area contributed by atoms with Crippen LogP contribution in [0.1, 0.15) is 29.4 Å². The van der Waals surface area contributed by atoms with E-state index in [1.54, 1.807) is 24.4 Å². The van der Waals surface area contributed by atoms with Crippen molar-refractivity contribution in [1.29, 1.82) is 0 Å². The lowest BCUT2D eigenvalue weighted by Gasteiger charge is -2.24. The van der Waals surface area contributed by atoms with Gasteiger partial charge in [0.05, 0.1) is 5.92 Å². The molecule has 7 heteroatoms. The molecule has 0 radical (unpaired) electrons. The fourth-order valence-corrected chi connectivity index (χ4v) is 3.96. The van der Waals surface area contributed by atoms with Gasteiger partial charge in [0.1, 0.15) is 5.41 Å². The van der Waals surface area contributed by atoms with E-state index in [1.807, 2.05) is 6.92 Å². The van der Waals surface area contributed by atoms with Gasteiger partial charge in [0.15, 0.2) is 0 Å². The van der Waals surface area contributed by atoms with Crippen molar-refractivity contribution < 1.29 is 19.5 Å². The van der Waals surface area contributed by atoms with Crippen molar-refractivity contribution in [1.82, 2.24) is 14.8 Å². The lowest BCUT2D eigenvalue weighted by Crippen LogP contribution is -2.42. The molecule has 2 fully saturated rings. The van der Waals surface area contributed by atoms with Crippen LogP contribution in [0, 0.1) is 11.3 Å². The topological polar surface area (TPSA) is 90.8 Å². The molecule has 2 aliphatic heterocycles. The number of rotatable bonds is 6. The van der Waals surface area contributed by atoms with Crippen molar-refractivity contribution in [3.63, 3.8) is 0 Å². The summed E-state index contributed by atoms with van der Waals surface area (Å²) in [6.45, 7) is 6.25. The number of carboxylic acids is 1. The maximum absolute atomic E-state index is 12.9. The largest absolute Gasteiger partial charge is 0.481 e. The minimum absolute atomic E-state index is 0.0383. The van der Waals surface area contributed by atoms with E-state index in [2.05, 4.69) is 11.6 Å². The van der Waals surface area contributed by atoms with Crippen LogP contribution >= 0.6 is 0 Å². The Morgan fingerprint density at radius 3 is 2.85 bits per heavy atom. The zero-order valence-electron chi connectivity index (χ0n) is 14.9. The summed E-state index contributed by atoms with van der Waals surface area (Å²) in [6.07, 6.45) is 4.88. The van der Waals surface area contributed by atoms with Gasteiger partial charge in [0.2, 0.25) is 5.91 Å². The summed E-state index contributed by atoms with van der Waals surface area (Å²) in [5.41, 5.74) is 0.0768. The first kappa shape index (κ1) is 18.1. The third kappa shape index (κ3) is 2.87. The molecule has 1 N–H and O–H groups in total. The normalized spacial score (nSPS) is 24.7. The second-order valence-corrected chi connectivity index (χ2v) is 6.99. The minimum Gasteiger partial charge on any atom is -0.481 e. The Bertz CT molecular complexity index is 763. The van der Waals surface area contributed by atoms with Crippen LogP contribution in [0.5, 0.6) is 0 Å². The third-order valence-corrected chi connectivity index (χ3v) is 5.26. The summed E-state index contributed by atoms with van der Waals surface area (Å²) in [7, 11) is 0. The molecular formula is C19H23N3O4. The van der Waals surface area contributed by atoms with E-state index in [0.29, 0.717) is 12.1 Å². The number of hydrogen-bond acceptors (Lipinski definition) is 4. The Morgan fingerprint density at radius 2 is 2.23 bits per heavy atom. The second-order valence-electron chi connectivity index (χ2n) is 6.99. The molecule has 0 aromatic carbocycles. The number of carboxylic acid groups (broad SMARTS) is 1. The van der Waals surface area contributed by atoms with E-state index in [-0.39, 0.29) is 31.4 Å². The molecule has 0 unspecified atom stereocenters. The number of aliphatic carboxylic acids is 1. The highest BCUT2D eigenvalue weighted by Crippen LogP contribution is 2.44. The highest BCUT2D eigenvalue weighted by molar-refractivity contribution is 5.98. The van der Waals surface area contributed by atoms with Crippen LogP contribution in [-0.4, -0.2) is 63.9 Å². The monoisotopic (exact) mass is 357 g/mol. The van der Waals surface area contributed by atoms with Gasteiger partial charge in [-0.3, -0.25) is 19.4 Å². The van der Waals surface area contributed by atoms with Crippen LogP contribution in [0.15, 0.2) is 31.0 Å². The number of aromatic nitrogens is 1. The van der Waals surface area contributed by atoms with Gasteiger partial charge in [0.25, 0.3) is 5.91 Å². The zero-order valence-corrected chi connectivity index (χ0v) is 14.9. The molecule has 1 aromatic rings. The van der Waals surface area contributed by atoms with Crippen molar-refractivity contribution in [2.75, 3.05) is 26.2 Å². The molecule has 1 aromatic heterocycles. The van der Waals surface area contributed by atoms with E-state index < -0.39 is 17.3 Å². The number of aryl methyl sites for hydroxylation is 1. The molecule has 0 saturated carbocycles.